The quantitative estimate of drug-likeness (QED) is 0.891. The minimum Gasteiger partial charge on any atom is -0.356 e. The zero-order valence-electron chi connectivity index (χ0n) is 11.1. The van der Waals surface area contributed by atoms with Gasteiger partial charge in [-0.15, -0.1) is 0 Å². The lowest BCUT2D eigenvalue weighted by Crippen LogP contribution is -2.12. The SMILES string of the molecule is NCC1=CN=C(c2ccccc2F)c2cc(Cl)ccc2N1. The Labute approximate surface area is 127 Å². The maximum Gasteiger partial charge on any atom is 0.132 e. The molecule has 2 aromatic carbocycles. The van der Waals surface area contributed by atoms with Crippen molar-refractivity contribution >= 4 is 23.0 Å². The maximum atomic E-state index is 14.1. The van der Waals surface area contributed by atoms with Crippen molar-refractivity contribution in [3.8, 4) is 0 Å². The van der Waals surface area contributed by atoms with Gasteiger partial charge in [-0.05, 0) is 30.3 Å². The monoisotopic (exact) mass is 301 g/mol. The van der Waals surface area contributed by atoms with Gasteiger partial charge in [0.15, 0.2) is 0 Å². The first-order valence-electron chi connectivity index (χ1n) is 6.48. The second-order valence-corrected chi connectivity index (χ2v) is 5.07. The van der Waals surface area contributed by atoms with Gasteiger partial charge in [0.1, 0.15) is 5.82 Å². The van der Waals surface area contributed by atoms with Gasteiger partial charge in [-0.3, -0.25) is 4.99 Å². The Morgan fingerprint density at radius 1 is 1.14 bits per heavy atom. The van der Waals surface area contributed by atoms with Crippen LogP contribution in [-0.2, 0) is 0 Å². The molecule has 1 aliphatic rings. The molecule has 1 heterocycles. The summed E-state index contributed by atoms with van der Waals surface area (Å²) < 4.78 is 14.1. The van der Waals surface area contributed by atoms with Gasteiger partial charge in [0.25, 0.3) is 0 Å². The fraction of sp³-hybridized carbons (Fsp3) is 0.0625. The van der Waals surface area contributed by atoms with E-state index in [2.05, 4.69) is 10.3 Å². The number of benzene rings is 2. The van der Waals surface area contributed by atoms with E-state index in [9.17, 15) is 4.39 Å². The van der Waals surface area contributed by atoms with Crippen molar-refractivity contribution in [1.29, 1.82) is 0 Å². The van der Waals surface area contributed by atoms with E-state index in [1.165, 1.54) is 6.07 Å². The van der Waals surface area contributed by atoms with E-state index in [-0.39, 0.29) is 5.82 Å². The number of nitrogens with zero attached hydrogens (tertiary/aromatic N) is 1. The molecule has 106 valence electrons. The summed E-state index contributed by atoms with van der Waals surface area (Å²) in [6, 6.07) is 11.9. The van der Waals surface area contributed by atoms with Crippen LogP contribution in [-0.4, -0.2) is 12.3 Å². The molecule has 0 bridgehead atoms. The molecule has 0 aromatic heterocycles. The smallest absolute Gasteiger partial charge is 0.132 e. The molecule has 2 aromatic rings. The Bertz CT molecular complexity index is 753. The van der Waals surface area contributed by atoms with Crippen LogP contribution >= 0.6 is 11.6 Å². The fourth-order valence-corrected chi connectivity index (χ4v) is 2.38. The van der Waals surface area contributed by atoms with Gasteiger partial charge in [-0.2, -0.15) is 0 Å². The molecule has 21 heavy (non-hydrogen) atoms. The van der Waals surface area contributed by atoms with Crippen molar-refractivity contribution in [1.82, 2.24) is 0 Å². The fourth-order valence-electron chi connectivity index (χ4n) is 2.21. The van der Waals surface area contributed by atoms with Crippen molar-refractivity contribution in [3.05, 3.63) is 76.3 Å². The van der Waals surface area contributed by atoms with Crippen molar-refractivity contribution in [2.45, 2.75) is 0 Å². The van der Waals surface area contributed by atoms with Crippen molar-refractivity contribution in [3.63, 3.8) is 0 Å². The third-order valence-electron chi connectivity index (χ3n) is 3.23. The number of halogens is 2. The number of nitrogens with one attached hydrogen (secondary N) is 1. The van der Waals surface area contributed by atoms with Crippen LogP contribution in [0.15, 0.2) is 59.4 Å². The van der Waals surface area contributed by atoms with Crippen LogP contribution in [0.25, 0.3) is 0 Å². The molecule has 0 radical (unpaired) electrons. The molecule has 0 spiro atoms. The van der Waals surface area contributed by atoms with Gasteiger partial charge in [-0.25, -0.2) is 4.39 Å². The van der Waals surface area contributed by atoms with Gasteiger partial charge in [0.2, 0.25) is 0 Å². The third-order valence-corrected chi connectivity index (χ3v) is 3.47. The van der Waals surface area contributed by atoms with Gasteiger partial charge in [-0.1, -0.05) is 23.7 Å². The van der Waals surface area contributed by atoms with Crippen LogP contribution in [0, 0.1) is 5.82 Å². The number of aliphatic imine (C=N–C) groups is 1. The highest BCUT2D eigenvalue weighted by Crippen LogP contribution is 2.28. The minimum atomic E-state index is -0.327. The summed E-state index contributed by atoms with van der Waals surface area (Å²) in [5.41, 5.74) is 8.93. The second-order valence-electron chi connectivity index (χ2n) is 4.63. The number of nitrogens with two attached hydrogens (primary N) is 1. The Morgan fingerprint density at radius 2 is 1.95 bits per heavy atom. The molecule has 5 heteroatoms. The van der Waals surface area contributed by atoms with E-state index >= 15 is 0 Å². The summed E-state index contributed by atoms with van der Waals surface area (Å²) in [5, 5.41) is 3.76. The molecule has 0 unspecified atom stereocenters. The van der Waals surface area contributed by atoms with E-state index in [1.54, 1.807) is 36.5 Å². The highest BCUT2D eigenvalue weighted by Gasteiger charge is 2.18. The maximum absolute atomic E-state index is 14.1. The van der Waals surface area contributed by atoms with E-state index in [0.29, 0.717) is 22.8 Å². The van der Waals surface area contributed by atoms with Gasteiger partial charge in [0.05, 0.1) is 5.71 Å². The topological polar surface area (TPSA) is 50.4 Å². The average Bonchev–Trinajstić information content (AvgIpc) is 2.67. The predicted molar refractivity (Wildman–Crippen MR) is 84.3 cm³/mol. The molecule has 0 fully saturated rings. The van der Waals surface area contributed by atoms with E-state index < -0.39 is 0 Å². The zero-order chi connectivity index (χ0) is 14.8. The Balaban J connectivity index is 2.23. The van der Waals surface area contributed by atoms with Gasteiger partial charge < -0.3 is 11.1 Å². The van der Waals surface area contributed by atoms with Gasteiger partial charge >= 0.3 is 0 Å². The lowest BCUT2D eigenvalue weighted by molar-refractivity contribution is 0.625. The Kier molecular flexibility index (Phi) is 3.73. The number of rotatable bonds is 2. The molecule has 0 saturated heterocycles. The first-order valence-corrected chi connectivity index (χ1v) is 6.85. The van der Waals surface area contributed by atoms with Crippen LogP contribution in [0.1, 0.15) is 11.1 Å². The largest absolute Gasteiger partial charge is 0.356 e. The molecule has 0 atom stereocenters. The highest BCUT2D eigenvalue weighted by molar-refractivity contribution is 6.31. The van der Waals surface area contributed by atoms with Crippen molar-refractivity contribution in [2.75, 3.05) is 11.9 Å². The summed E-state index contributed by atoms with van der Waals surface area (Å²) in [6.07, 6.45) is 1.62. The zero-order valence-corrected chi connectivity index (χ0v) is 11.9. The molecule has 0 aliphatic carbocycles. The van der Waals surface area contributed by atoms with Crippen LogP contribution in [0.4, 0.5) is 10.1 Å². The van der Waals surface area contributed by atoms with E-state index in [1.807, 2.05) is 6.07 Å². The first kappa shape index (κ1) is 13.8. The van der Waals surface area contributed by atoms with Crippen LogP contribution in [0.5, 0.6) is 0 Å². The molecule has 3 nitrogen and oxygen atoms in total. The summed E-state index contributed by atoms with van der Waals surface area (Å²) in [4.78, 5) is 4.40. The van der Waals surface area contributed by atoms with E-state index in [0.717, 1.165) is 16.9 Å². The first-order chi connectivity index (χ1) is 10.2. The standard InChI is InChI=1S/C16H13ClFN3/c17-10-5-6-15-13(7-10)16(20-9-11(8-19)21-15)12-3-1-2-4-14(12)18/h1-7,9,21H,8,19H2. The Hall–Kier alpha value is -2.17. The minimum absolute atomic E-state index is 0.316. The summed E-state index contributed by atoms with van der Waals surface area (Å²) in [7, 11) is 0. The lowest BCUT2D eigenvalue weighted by Gasteiger charge is -2.13. The van der Waals surface area contributed by atoms with Crippen LogP contribution in [0.2, 0.25) is 5.02 Å². The third kappa shape index (κ3) is 2.68. The van der Waals surface area contributed by atoms with Gasteiger partial charge in [0, 0.05) is 40.3 Å². The summed E-state index contributed by atoms with van der Waals surface area (Å²) >= 11 is 6.07. The molecular weight excluding hydrogens is 289 g/mol. The van der Waals surface area contributed by atoms with E-state index in [4.69, 9.17) is 17.3 Å². The van der Waals surface area contributed by atoms with Crippen LogP contribution in [0.3, 0.4) is 0 Å². The number of hydrogen-bond donors (Lipinski definition) is 2. The van der Waals surface area contributed by atoms with Crippen molar-refractivity contribution in [2.24, 2.45) is 10.7 Å². The molecule has 3 rings (SSSR count). The molecular formula is C16H13ClFN3. The number of fused-ring (bicyclic) bond motifs is 1. The number of hydrogen-bond acceptors (Lipinski definition) is 3. The second kappa shape index (κ2) is 5.68. The molecule has 3 N–H and O–H groups in total. The average molecular weight is 302 g/mol. The van der Waals surface area contributed by atoms with Crippen molar-refractivity contribution < 1.29 is 4.39 Å². The highest BCUT2D eigenvalue weighted by atomic mass is 35.5. The normalized spacial score (nSPS) is 13.7. The molecule has 1 aliphatic heterocycles. The van der Waals surface area contributed by atoms with Crippen LogP contribution < -0.4 is 11.1 Å². The predicted octanol–water partition coefficient (Wildman–Crippen LogP) is 3.54. The number of anilines is 1. The summed E-state index contributed by atoms with van der Waals surface area (Å²) in [5.74, 6) is -0.327. The Morgan fingerprint density at radius 3 is 2.71 bits per heavy atom. The molecule has 0 saturated carbocycles. The molecule has 0 amide bonds. The lowest BCUT2D eigenvalue weighted by atomic mass is 10.00. The summed E-state index contributed by atoms with van der Waals surface area (Å²) in [6.45, 7) is 0.316.